The van der Waals surface area contributed by atoms with Crippen LogP contribution in [0.3, 0.4) is 0 Å². The van der Waals surface area contributed by atoms with Gasteiger partial charge in [0.1, 0.15) is 5.84 Å². The highest BCUT2D eigenvalue weighted by atomic mass is 35.5. The number of aliphatic imine (C=N–C) groups is 1. The number of nitrogens with zero attached hydrogens (tertiary/aromatic N) is 1. The molecule has 4 rings (SSSR count). The number of nitrogens with one attached hydrogen (secondary N) is 2. The molecule has 0 radical (unpaired) electrons. The van der Waals surface area contributed by atoms with Crippen molar-refractivity contribution >= 4 is 40.6 Å². The van der Waals surface area contributed by atoms with E-state index in [1.54, 1.807) is 7.11 Å². The summed E-state index contributed by atoms with van der Waals surface area (Å²) in [7, 11) is 1.74. The number of benzene rings is 2. The lowest BCUT2D eigenvalue weighted by molar-refractivity contribution is 0.202. The van der Waals surface area contributed by atoms with Crippen molar-refractivity contribution in [2.24, 2.45) is 4.99 Å². The van der Waals surface area contributed by atoms with Gasteiger partial charge in [0, 0.05) is 12.1 Å². The van der Waals surface area contributed by atoms with E-state index in [9.17, 15) is 0 Å². The summed E-state index contributed by atoms with van der Waals surface area (Å²) in [4.78, 5) is 5.01. The van der Waals surface area contributed by atoms with Crippen molar-refractivity contribution in [3.05, 3.63) is 58.6 Å². The maximum Gasteiger partial charge on any atom is 0.127 e. The molecule has 0 aromatic heterocycles. The van der Waals surface area contributed by atoms with Gasteiger partial charge in [-0.15, -0.1) is 0 Å². The molecule has 6 heteroatoms. The van der Waals surface area contributed by atoms with Crippen LogP contribution in [0.15, 0.2) is 47.5 Å². The average molecular weight is 416 g/mol. The molecule has 148 valence electrons. The maximum atomic E-state index is 6.15. The summed E-state index contributed by atoms with van der Waals surface area (Å²) in [5, 5.41) is 8.25. The number of methoxy groups -OCH3 is 1. The lowest BCUT2D eigenvalue weighted by Gasteiger charge is -2.44. The number of anilines is 2. The largest absolute Gasteiger partial charge is 0.384 e. The zero-order valence-electron chi connectivity index (χ0n) is 16.1. The molecule has 2 heterocycles. The quantitative estimate of drug-likeness (QED) is 0.701. The molecule has 1 saturated heterocycles. The summed E-state index contributed by atoms with van der Waals surface area (Å²) < 4.78 is 5.23. The molecular weight excluding hydrogens is 390 g/mol. The van der Waals surface area contributed by atoms with Crippen molar-refractivity contribution in [3.8, 4) is 0 Å². The number of ether oxygens (including phenoxy) is 1. The summed E-state index contributed by atoms with van der Waals surface area (Å²) in [6, 6.07) is 14.5. The third-order valence-corrected chi connectivity index (χ3v) is 6.63. The van der Waals surface area contributed by atoms with Crippen LogP contribution in [0, 0.1) is 0 Å². The van der Waals surface area contributed by atoms with Crippen LogP contribution in [0.2, 0.25) is 5.02 Å². The van der Waals surface area contributed by atoms with E-state index in [0.717, 1.165) is 65.2 Å². The summed E-state index contributed by atoms with van der Waals surface area (Å²) >= 11 is 8.16. The zero-order valence-corrected chi connectivity index (χ0v) is 17.7. The van der Waals surface area contributed by atoms with Gasteiger partial charge in [0.2, 0.25) is 0 Å². The Kier molecular flexibility index (Phi) is 6.14. The van der Waals surface area contributed by atoms with Crippen LogP contribution in [-0.2, 0) is 17.7 Å². The van der Waals surface area contributed by atoms with Crippen molar-refractivity contribution in [2.45, 2.75) is 31.3 Å². The summed E-state index contributed by atoms with van der Waals surface area (Å²) in [6.45, 7) is 1.35. The summed E-state index contributed by atoms with van der Waals surface area (Å²) in [5.74, 6) is 3.34. The van der Waals surface area contributed by atoms with Crippen molar-refractivity contribution in [2.75, 3.05) is 35.9 Å². The Morgan fingerprint density at radius 3 is 2.75 bits per heavy atom. The van der Waals surface area contributed by atoms with Gasteiger partial charge < -0.3 is 15.4 Å². The zero-order chi connectivity index (χ0) is 19.4. The average Bonchev–Trinajstić information content (AvgIpc) is 2.71. The topological polar surface area (TPSA) is 45.6 Å². The van der Waals surface area contributed by atoms with E-state index < -0.39 is 0 Å². The van der Waals surface area contributed by atoms with Gasteiger partial charge >= 0.3 is 0 Å². The van der Waals surface area contributed by atoms with Crippen LogP contribution in [0.5, 0.6) is 0 Å². The van der Waals surface area contributed by atoms with E-state index in [2.05, 4.69) is 34.9 Å². The second-order valence-electron chi connectivity index (χ2n) is 7.36. The van der Waals surface area contributed by atoms with Gasteiger partial charge in [-0.05, 0) is 66.2 Å². The predicted octanol–water partition coefficient (Wildman–Crippen LogP) is 5.23. The Morgan fingerprint density at radius 2 is 1.96 bits per heavy atom. The van der Waals surface area contributed by atoms with E-state index in [1.165, 1.54) is 5.56 Å². The highest BCUT2D eigenvalue weighted by molar-refractivity contribution is 7.99. The minimum atomic E-state index is -0.106. The number of thioether (sulfide) groups is 1. The Labute approximate surface area is 176 Å². The second kappa shape index (κ2) is 8.76. The van der Waals surface area contributed by atoms with Crippen molar-refractivity contribution in [1.82, 2.24) is 0 Å². The van der Waals surface area contributed by atoms with Crippen molar-refractivity contribution in [1.29, 1.82) is 0 Å². The monoisotopic (exact) mass is 415 g/mol. The fourth-order valence-corrected chi connectivity index (χ4v) is 5.22. The standard InChI is InChI=1S/C22H26ClN3OS/c1-27-10-7-16-5-6-19-20(14-16)25-21(22(26-19)8-11-28-12-9-22)24-15-17-3-2-4-18(23)13-17/h2-6,13-14,26H,7-12,15H2,1H3,(H,24,25). The normalized spacial score (nSPS) is 19.1. The molecule has 0 unspecified atom stereocenters. The number of hydrogen-bond acceptors (Lipinski definition) is 4. The molecule has 0 amide bonds. The molecule has 2 N–H and O–H groups in total. The molecule has 0 bridgehead atoms. The molecule has 0 aliphatic carbocycles. The molecule has 1 spiro atoms. The van der Waals surface area contributed by atoms with E-state index in [4.69, 9.17) is 21.3 Å². The first-order chi connectivity index (χ1) is 13.7. The van der Waals surface area contributed by atoms with Crippen LogP contribution >= 0.6 is 23.4 Å². The van der Waals surface area contributed by atoms with Crippen molar-refractivity contribution in [3.63, 3.8) is 0 Å². The summed E-state index contributed by atoms with van der Waals surface area (Å²) in [5.41, 5.74) is 4.54. The molecule has 28 heavy (non-hydrogen) atoms. The fourth-order valence-electron chi connectivity index (χ4n) is 3.82. The Morgan fingerprint density at radius 1 is 1.11 bits per heavy atom. The highest BCUT2D eigenvalue weighted by Gasteiger charge is 2.41. The van der Waals surface area contributed by atoms with Crippen LogP contribution in [0.4, 0.5) is 11.4 Å². The smallest absolute Gasteiger partial charge is 0.127 e. The van der Waals surface area contributed by atoms with Crippen LogP contribution < -0.4 is 10.6 Å². The molecule has 1 fully saturated rings. The third kappa shape index (κ3) is 4.32. The van der Waals surface area contributed by atoms with Crippen molar-refractivity contribution < 1.29 is 4.74 Å². The number of rotatable bonds is 5. The van der Waals surface area contributed by atoms with E-state index in [-0.39, 0.29) is 5.54 Å². The molecule has 4 nitrogen and oxygen atoms in total. The third-order valence-electron chi connectivity index (χ3n) is 5.41. The first-order valence-corrected chi connectivity index (χ1v) is 11.3. The van der Waals surface area contributed by atoms with Gasteiger partial charge in [0.25, 0.3) is 0 Å². The van der Waals surface area contributed by atoms with Gasteiger partial charge in [-0.25, -0.2) is 0 Å². The van der Waals surface area contributed by atoms with Gasteiger partial charge in [0.05, 0.1) is 30.1 Å². The molecule has 2 aromatic carbocycles. The first-order valence-electron chi connectivity index (χ1n) is 9.73. The van der Waals surface area contributed by atoms with Crippen LogP contribution in [0.25, 0.3) is 0 Å². The van der Waals surface area contributed by atoms with Gasteiger partial charge in [-0.2, -0.15) is 11.8 Å². The second-order valence-corrected chi connectivity index (χ2v) is 9.02. The van der Waals surface area contributed by atoms with Gasteiger partial charge in [-0.3, -0.25) is 4.99 Å². The number of halogens is 1. The van der Waals surface area contributed by atoms with E-state index >= 15 is 0 Å². The maximum absolute atomic E-state index is 6.15. The number of hydrogen-bond donors (Lipinski definition) is 2. The fraction of sp³-hybridized carbons (Fsp3) is 0.409. The highest BCUT2D eigenvalue weighted by Crippen LogP contribution is 2.39. The molecular formula is C22H26ClN3OS. The SMILES string of the molecule is COCCc1ccc2c(c1)NC(=NCc1cccc(Cl)c1)C1(CCSCC1)N2. The predicted molar refractivity (Wildman–Crippen MR) is 121 cm³/mol. The Hall–Kier alpha value is -1.69. The Balaban J connectivity index is 1.63. The molecule has 2 aliphatic heterocycles. The molecule has 0 atom stereocenters. The van der Waals surface area contributed by atoms with Crippen LogP contribution in [0.1, 0.15) is 24.0 Å². The lowest BCUT2D eigenvalue weighted by Crippen LogP contribution is -2.54. The minimum Gasteiger partial charge on any atom is -0.384 e. The lowest BCUT2D eigenvalue weighted by atomic mass is 9.87. The minimum absolute atomic E-state index is 0.106. The van der Waals surface area contributed by atoms with Gasteiger partial charge in [0.15, 0.2) is 0 Å². The molecule has 0 saturated carbocycles. The number of fused-ring (bicyclic) bond motifs is 1. The van der Waals surface area contributed by atoms with E-state index in [0.29, 0.717) is 6.54 Å². The van der Waals surface area contributed by atoms with Crippen LogP contribution in [-0.4, -0.2) is 36.6 Å². The Bertz CT molecular complexity index is 865. The first kappa shape index (κ1) is 19.6. The molecule has 2 aliphatic rings. The van der Waals surface area contributed by atoms with Gasteiger partial charge in [-0.1, -0.05) is 29.8 Å². The number of amidine groups is 1. The van der Waals surface area contributed by atoms with E-state index in [1.807, 2.05) is 30.0 Å². The summed E-state index contributed by atoms with van der Waals surface area (Å²) in [6.07, 6.45) is 3.05. The molecule has 2 aromatic rings.